The lowest BCUT2D eigenvalue weighted by atomic mass is 10.00. The number of rotatable bonds is 13. The molecule has 1 aliphatic carbocycles. The number of carboxylic acid groups (broad SMARTS) is 1. The van der Waals surface area contributed by atoms with E-state index in [1.54, 1.807) is 6.92 Å². The quantitative estimate of drug-likeness (QED) is 0.425. The van der Waals surface area contributed by atoms with Crippen LogP contribution in [0.4, 0.5) is 0 Å². The van der Waals surface area contributed by atoms with Crippen molar-refractivity contribution in [2.75, 3.05) is 13.2 Å². The van der Waals surface area contributed by atoms with Gasteiger partial charge < -0.3 is 14.7 Å². The van der Waals surface area contributed by atoms with Crippen molar-refractivity contribution < 1.29 is 24.2 Å². The van der Waals surface area contributed by atoms with Gasteiger partial charge in [-0.25, -0.2) is 0 Å². The highest BCUT2D eigenvalue weighted by atomic mass is 16.5. The number of hydrogen-bond donors (Lipinski definition) is 2. The predicted molar refractivity (Wildman–Crippen MR) is 134 cm³/mol. The van der Waals surface area contributed by atoms with Gasteiger partial charge in [0.25, 0.3) is 0 Å². The number of hydrogen-bond acceptors (Lipinski definition) is 5. The summed E-state index contributed by atoms with van der Waals surface area (Å²) in [5, 5.41) is 12.8. The first-order chi connectivity index (χ1) is 17.0. The molecule has 2 aromatic carbocycles. The summed E-state index contributed by atoms with van der Waals surface area (Å²) in [5.41, 5.74) is 2.03. The number of amides is 1. The summed E-state index contributed by atoms with van der Waals surface area (Å²) in [6.45, 7) is 1.66. The van der Waals surface area contributed by atoms with Crippen LogP contribution in [0.3, 0.4) is 0 Å². The maximum absolute atomic E-state index is 13.8. The molecule has 0 spiro atoms. The van der Waals surface area contributed by atoms with E-state index in [1.807, 2.05) is 60.7 Å². The van der Waals surface area contributed by atoms with Gasteiger partial charge in [-0.2, -0.15) is 0 Å². The molecule has 1 unspecified atom stereocenters. The Bertz CT molecular complexity index is 944. The summed E-state index contributed by atoms with van der Waals surface area (Å²) in [5.74, 6) is -1.72. The highest BCUT2D eigenvalue weighted by molar-refractivity contribution is 5.87. The average Bonchev–Trinajstić information content (AvgIpc) is 3.40. The Morgan fingerprint density at radius 2 is 1.57 bits per heavy atom. The largest absolute Gasteiger partial charge is 0.480 e. The van der Waals surface area contributed by atoms with Crippen LogP contribution in [0.15, 0.2) is 60.7 Å². The Labute approximate surface area is 207 Å². The highest BCUT2D eigenvalue weighted by Crippen LogP contribution is 2.24. The van der Waals surface area contributed by atoms with Crippen molar-refractivity contribution in [1.29, 1.82) is 0 Å². The number of aryl methyl sites for hydroxylation is 1. The molecule has 2 aromatic rings. The first-order valence-electron chi connectivity index (χ1n) is 12.5. The first kappa shape index (κ1) is 26.4. The molecule has 0 aromatic heterocycles. The minimum atomic E-state index is -1.03. The molecule has 0 heterocycles. The van der Waals surface area contributed by atoms with Crippen LogP contribution in [0.5, 0.6) is 0 Å². The number of carboxylic acids is 1. The van der Waals surface area contributed by atoms with E-state index < -0.39 is 24.0 Å². The van der Waals surface area contributed by atoms with Crippen LogP contribution in [-0.4, -0.2) is 59.1 Å². The third-order valence-electron chi connectivity index (χ3n) is 6.47. The van der Waals surface area contributed by atoms with Gasteiger partial charge in [0.15, 0.2) is 0 Å². The van der Waals surface area contributed by atoms with E-state index >= 15 is 0 Å². The summed E-state index contributed by atoms with van der Waals surface area (Å²) in [4.78, 5) is 39.8. The van der Waals surface area contributed by atoms with Crippen molar-refractivity contribution in [3.05, 3.63) is 71.8 Å². The van der Waals surface area contributed by atoms with Gasteiger partial charge in [0.2, 0.25) is 5.91 Å². The smallest absolute Gasteiger partial charge is 0.323 e. The Balaban J connectivity index is 1.85. The number of carbonyl (C=O) groups is 3. The van der Waals surface area contributed by atoms with Crippen molar-refractivity contribution in [3.8, 4) is 0 Å². The zero-order valence-electron chi connectivity index (χ0n) is 20.4. The van der Waals surface area contributed by atoms with Crippen molar-refractivity contribution in [2.45, 2.75) is 70.0 Å². The minimum Gasteiger partial charge on any atom is -0.480 e. The molecule has 188 valence electrons. The van der Waals surface area contributed by atoms with Gasteiger partial charge in [0.05, 0.1) is 12.6 Å². The number of nitrogens with one attached hydrogen (secondary N) is 1. The van der Waals surface area contributed by atoms with Crippen LogP contribution in [-0.2, 0) is 32.0 Å². The van der Waals surface area contributed by atoms with Crippen LogP contribution in [0.25, 0.3) is 0 Å². The van der Waals surface area contributed by atoms with E-state index in [1.165, 1.54) is 4.90 Å². The maximum Gasteiger partial charge on any atom is 0.323 e. The number of ether oxygens (including phenoxy) is 1. The second-order valence-electron chi connectivity index (χ2n) is 9.04. The molecule has 1 saturated carbocycles. The van der Waals surface area contributed by atoms with E-state index in [-0.39, 0.29) is 25.1 Å². The molecule has 1 amide bonds. The van der Waals surface area contributed by atoms with Crippen LogP contribution >= 0.6 is 0 Å². The topological polar surface area (TPSA) is 95.9 Å². The fourth-order valence-corrected chi connectivity index (χ4v) is 4.73. The third-order valence-corrected chi connectivity index (χ3v) is 6.47. The fourth-order valence-electron chi connectivity index (χ4n) is 4.73. The number of nitrogens with zero attached hydrogens (tertiary/aromatic N) is 1. The summed E-state index contributed by atoms with van der Waals surface area (Å²) >= 11 is 0. The van der Waals surface area contributed by atoms with Crippen molar-refractivity contribution >= 4 is 17.8 Å². The SMILES string of the molecule is CCOC(=O)C(CCc1ccccc1)N[C@@H](Cc1ccccc1)C(=O)N(CC(=O)O)C1CCCC1. The molecule has 1 fully saturated rings. The average molecular weight is 481 g/mol. The Kier molecular flexibility index (Phi) is 10.3. The molecule has 0 bridgehead atoms. The lowest BCUT2D eigenvalue weighted by molar-refractivity contribution is -0.149. The molecule has 7 nitrogen and oxygen atoms in total. The van der Waals surface area contributed by atoms with Gasteiger partial charge in [0.1, 0.15) is 12.6 Å². The molecule has 2 atom stereocenters. The van der Waals surface area contributed by atoms with Gasteiger partial charge in [0, 0.05) is 6.04 Å². The van der Waals surface area contributed by atoms with Gasteiger partial charge in [-0.1, -0.05) is 73.5 Å². The predicted octanol–water partition coefficient (Wildman–Crippen LogP) is 3.61. The molecular formula is C28H36N2O5. The lowest BCUT2D eigenvalue weighted by Gasteiger charge is -2.33. The lowest BCUT2D eigenvalue weighted by Crippen LogP contribution is -2.56. The molecule has 0 saturated heterocycles. The zero-order valence-corrected chi connectivity index (χ0v) is 20.4. The maximum atomic E-state index is 13.8. The minimum absolute atomic E-state index is 0.0935. The van der Waals surface area contributed by atoms with E-state index in [0.29, 0.717) is 19.3 Å². The summed E-state index contributed by atoms with van der Waals surface area (Å²) in [7, 11) is 0. The van der Waals surface area contributed by atoms with Crippen molar-refractivity contribution in [2.24, 2.45) is 0 Å². The second-order valence-corrected chi connectivity index (χ2v) is 9.04. The Morgan fingerprint density at radius 1 is 0.971 bits per heavy atom. The molecule has 0 aliphatic heterocycles. The fraction of sp³-hybridized carbons (Fsp3) is 0.464. The number of carbonyl (C=O) groups excluding carboxylic acids is 2. The van der Waals surface area contributed by atoms with Crippen LogP contribution in [0.2, 0.25) is 0 Å². The van der Waals surface area contributed by atoms with Crippen LogP contribution in [0, 0.1) is 0 Å². The molecule has 2 N–H and O–H groups in total. The zero-order chi connectivity index (χ0) is 25.0. The summed E-state index contributed by atoms with van der Waals surface area (Å²) in [6, 6.07) is 17.9. The Morgan fingerprint density at radius 3 is 2.14 bits per heavy atom. The molecular weight excluding hydrogens is 444 g/mol. The monoisotopic (exact) mass is 480 g/mol. The van der Waals surface area contributed by atoms with E-state index in [0.717, 1.165) is 36.8 Å². The van der Waals surface area contributed by atoms with E-state index in [2.05, 4.69) is 5.32 Å². The number of benzene rings is 2. The first-order valence-corrected chi connectivity index (χ1v) is 12.5. The summed E-state index contributed by atoms with van der Waals surface area (Å²) in [6.07, 6.45) is 5.01. The molecule has 3 rings (SSSR count). The number of esters is 1. The van der Waals surface area contributed by atoms with E-state index in [9.17, 15) is 19.5 Å². The molecule has 0 radical (unpaired) electrons. The van der Waals surface area contributed by atoms with Crippen molar-refractivity contribution in [3.63, 3.8) is 0 Å². The third kappa shape index (κ3) is 8.21. The van der Waals surface area contributed by atoms with Gasteiger partial charge in [-0.15, -0.1) is 0 Å². The summed E-state index contributed by atoms with van der Waals surface area (Å²) < 4.78 is 5.33. The number of aliphatic carboxylic acids is 1. The standard InChI is InChI=1S/C28H36N2O5/c1-2-35-28(34)24(18-17-21-11-5-3-6-12-21)29-25(19-22-13-7-4-8-14-22)27(33)30(20-26(31)32)23-15-9-10-16-23/h3-8,11-14,23-25,29H,2,9-10,15-20H2,1H3,(H,31,32)/t24?,25-/m0/s1. The Hall–Kier alpha value is -3.19. The van der Waals surface area contributed by atoms with Gasteiger partial charge >= 0.3 is 11.9 Å². The van der Waals surface area contributed by atoms with Crippen LogP contribution in [0.1, 0.15) is 50.2 Å². The second kappa shape index (κ2) is 13.6. The normalized spacial score (nSPS) is 15.3. The van der Waals surface area contributed by atoms with Crippen LogP contribution < -0.4 is 5.32 Å². The van der Waals surface area contributed by atoms with Gasteiger partial charge in [-0.3, -0.25) is 19.7 Å². The van der Waals surface area contributed by atoms with E-state index in [4.69, 9.17) is 4.74 Å². The molecule has 35 heavy (non-hydrogen) atoms. The molecule has 7 heteroatoms. The van der Waals surface area contributed by atoms with Gasteiger partial charge in [-0.05, 0) is 50.2 Å². The molecule has 1 aliphatic rings. The highest BCUT2D eigenvalue weighted by Gasteiger charge is 2.35. The van der Waals surface area contributed by atoms with Crippen molar-refractivity contribution in [1.82, 2.24) is 10.2 Å².